The summed E-state index contributed by atoms with van der Waals surface area (Å²) in [6, 6.07) is 15.0. The molecule has 8 nitrogen and oxygen atoms in total. The number of nitrogens with zero attached hydrogens (tertiary/aromatic N) is 2. The highest BCUT2D eigenvalue weighted by Gasteiger charge is 2.15. The van der Waals surface area contributed by atoms with Gasteiger partial charge in [0.15, 0.2) is 0 Å². The lowest BCUT2D eigenvalue weighted by Gasteiger charge is -2.02. The minimum absolute atomic E-state index is 0.190. The summed E-state index contributed by atoms with van der Waals surface area (Å²) in [5, 5.41) is 17.9. The SMILES string of the molecule is O=C(Nc1ccccc1)Nc1c[n+](Cc2ccc(C(=O)O)cc2)no1. The first-order chi connectivity index (χ1) is 12.1. The third-order valence-electron chi connectivity index (χ3n) is 3.32. The van der Waals surface area contributed by atoms with Crippen molar-refractivity contribution in [2.45, 2.75) is 6.54 Å². The molecular formula is C17H15N4O4+. The fraction of sp³-hybridized carbons (Fsp3) is 0.0588. The fourth-order valence-corrected chi connectivity index (χ4v) is 2.14. The molecule has 1 heterocycles. The summed E-state index contributed by atoms with van der Waals surface area (Å²) >= 11 is 0. The smallest absolute Gasteiger partial charge is 0.335 e. The number of anilines is 2. The zero-order valence-corrected chi connectivity index (χ0v) is 13.0. The molecule has 0 bridgehead atoms. The number of urea groups is 1. The van der Waals surface area contributed by atoms with Crippen LogP contribution >= 0.6 is 0 Å². The zero-order chi connectivity index (χ0) is 17.6. The average Bonchev–Trinajstić information content (AvgIpc) is 3.03. The molecule has 0 saturated heterocycles. The van der Waals surface area contributed by atoms with Gasteiger partial charge in [0.25, 0.3) is 6.20 Å². The van der Waals surface area contributed by atoms with Gasteiger partial charge in [-0.2, -0.15) is 0 Å². The van der Waals surface area contributed by atoms with Crippen LogP contribution in [0.5, 0.6) is 0 Å². The second-order valence-electron chi connectivity index (χ2n) is 5.21. The van der Waals surface area contributed by atoms with Crippen molar-refractivity contribution in [1.29, 1.82) is 0 Å². The summed E-state index contributed by atoms with van der Waals surface area (Å²) in [5.74, 6) is -0.785. The minimum atomic E-state index is -0.975. The number of carbonyl (C=O) groups is 2. The summed E-state index contributed by atoms with van der Waals surface area (Å²) in [7, 11) is 0. The van der Waals surface area contributed by atoms with E-state index in [1.807, 2.05) is 18.2 Å². The molecule has 3 rings (SSSR count). The van der Waals surface area contributed by atoms with Gasteiger partial charge in [-0.05, 0) is 28.9 Å². The van der Waals surface area contributed by atoms with Gasteiger partial charge in [-0.25, -0.2) is 9.59 Å². The molecule has 2 aromatic carbocycles. The van der Waals surface area contributed by atoms with Crippen LogP contribution in [0.15, 0.2) is 65.3 Å². The van der Waals surface area contributed by atoms with Crippen molar-refractivity contribution in [3.05, 3.63) is 71.9 Å². The van der Waals surface area contributed by atoms with Crippen LogP contribution in [0, 0.1) is 0 Å². The highest BCUT2D eigenvalue weighted by Crippen LogP contribution is 2.08. The van der Waals surface area contributed by atoms with Crippen LogP contribution in [0.4, 0.5) is 16.4 Å². The van der Waals surface area contributed by atoms with E-state index in [0.717, 1.165) is 5.56 Å². The number of aromatic nitrogens is 2. The van der Waals surface area contributed by atoms with Gasteiger partial charge >= 0.3 is 17.9 Å². The Hall–Kier alpha value is -3.68. The Morgan fingerprint density at radius 1 is 1.04 bits per heavy atom. The van der Waals surface area contributed by atoms with E-state index in [0.29, 0.717) is 12.2 Å². The number of aromatic carboxylic acids is 1. The van der Waals surface area contributed by atoms with Gasteiger partial charge in [0, 0.05) is 11.3 Å². The molecule has 0 radical (unpaired) electrons. The molecular weight excluding hydrogens is 324 g/mol. The molecule has 0 atom stereocenters. The van der Waals surface area contributed by atoms with E-state index in [1.165, 1.54) is 23.0 Å². The number of para-hydroxylation sites is 1. The number of hydrogen-bond donors (Lipinski definition) is 3. The summed E-state index contributed by atoms with van der Waals surface area (Å²) in [6.07, 6.45) is 1.54. The fourth-order valence-electron chi connectivity index (χ4n) is 2.14. The summed E-state index contributed by atoms with van der Waals surface area (Å²) in [5.41, 5.74) is 1.73. The molecule has 0 aliphatic heterocycles. The number of benzene rings is 2. The van der Waals surface area contributed by atoms with E-state index in [-0.39, 0.29) is 11.4 Å². The van der Waals surface area contributed by atoms with Gasteiger partial charge in [0.05, 0.1) is 5.56 Å². The van der Waals surface area contributed by atoms with Gasteiger partial charge in [-0.15, -0.1) is 0 Å². The Kier molecular flexibility index (Phi) is 4.70. The Morgan fingerprint density at radius 3 is 2.44 bits per heavy atom. The quantitative estimate of drug-likeness (QED) is 0.618. The molecule has 0 saturated carbocycles. The first-order valence-electron chi connectivity index (χ1n) is 7.42. The van der Waals surface area contributed by atoms with Crippen LogP contribution < -0.4 is 15.3 Å². The lowest BCUT2D eigenvalue weighted by molar-refractivity contribution is -0.754. The van der Waals surface area contributed by atoms with Crippen LogP contribution in [-0.4, -0.2) is 22.4 Å². The van der Waals surface area contributed by atoms with Crippen molar-refractivity contribution in [3.63, 3.8) is 0 Å². The van der Waals surface area contributed by atoms with Crippen LogP contribution in [0.3, 0.4) is 0 Å². The lowest BCUT2D eigenvalue weighted by atomic mass is 10.1. The molecule has 3 aromatic rings. The molecule has 8 heteroatoms. The van der Waals surface area contributed by atoms with Crippen molar-refractivity contribution in [3.8, 4) is 0 Å². The first kappa shape index (κ1) is 16.2. The predicted octanol–water partition coefficient (Wildman–Crippen LogP) is 2.35. The zero-order valence-electron chi connectivity index (χ0n) is 13.0. The summed E-state index contributed by atoms with van der Waals surface area (Å²) in [6.45, 7) is 0.380. The summed E-state index contributed by atoms with van der Waals surface area (Å²) in [4.78, 5) is 22.7. The molecule has 1 aromatic heterocycles. The molecule has 0 fully saturated rings. The van der Waals surface area contributed by atoms with E-state index in [9.17, 15) is 9.59 Å². The van der Waals surface area contributed by atoms with E-state index in [2.05, 4.69) is 15.9 Å². The molecule has 0 spiro atoms. The van der Waals surface area contributed by atoms with Crippen molar-refractivity contribution in [1.82, 2.24) is 5.27 Å². The third kappa shape index (κ3) is 4.41. The van der Waals surface area contributed by atoms with E-state index in [1.54, 1.807) is 24.3 Å². The molecule has 126 valence electrons. The second-order valence-corrected chi connectivity index (χ2v) is 5.21. The maximum absolute atomic E-state index is 11.9. The van der Waals surface area contributed by atoms with Crippen molar-refractivity contribution < 1.29 is 23.9 Å². The monoisotopic (exact) mass is 339 g/mol. The van der Waals surface area contributed by atoms with Gasteiger partial charge in [-0.3, -0.25) is 9.84 Å². The second kappa shape index (κ2) is 7.26. The van der Waals surface area contributed by atoms with Crippen molar-refractivity contribution in [2.75, 3.05) is 10.6 Å². The molecule has 2 amide bonds. The Labute approximate surface area is 142 Å². The first-order valence-corrected chi connectivity index (χ1v) is 7.42. The van der Waals surface area contributed by atoms with Gasteiger partial charge < -0.3 is 10.4 Å². The Bertz CT molecular complexity index is 875. The number of carbonyl (C=O) groups excluding carboxylic acids is 1. The number of carboxylic acids is 1. The molecule has 0 aliphatic rings. The maximum Gasteiger partial charge on any atom is 0.335 e. The number of rotatable bonds is 5. The molecule has 0 aliphatic carbocycles. The van der Waals surface area contributed by atoms with Crippen molar-refractivity contribution >= 4 is 23.6 Å². The third-order valence-corrected chi connectivity index (χ3v) is 3.32. The predicted molar refractivity (Wildman–Crippen MR) is 88.3 cm³/mol. The van der Waals surface area contributed by atoms with Gasteiger partial charge in [0.2, 0.25) is 11.8 Å². The minimum Gasteiger partial charge on any atom is -0.478 e. The van der Waals surface area contributed by atoms with Gasteiger partial charge in [0.1, 0.15) is 0 Å². The Balaban J connectivity index is 1.58. The van der Waals surface area contributed by atoms with E-state index in [4.69, 9.17) is 9.63 Å². The van der Waals surface area contributed by atoms with Crippen molar-refractivity contribution in [2.24, 2.45) is 0 Å². The highest BCUT2D eigenvalue weighted by molar-refractivity contribution is 5.98. The summed E-state index contributed by atoms with van der Waals surface area (Å²) < 4.78 is 6.55. The van der Waals surface area contributed by atoms with Crippen LogP contribution in [-0.2, 0) is 6.54 Å². The van der Waals surface area contributed by atoms with Crippen LogP contribution in [0.1, 0.15) is 15.9 Å². The Morgan fingerprint density at radius 2 is 1.76 bits per heavy atom. The number of amides is 2. The molecule has 3 N–H and O–H groups in total. The van der Waals surface area contributed by atoms with Crippen LogP contribution in [0.2, 0.25) is 0 Å². The molecule has 25 heavy (non-hydrogen) atoms. The van der Waals surface area contributed by atoms with E-state index < -0.39 is 12.0 Å². The van der Waals surface area contributed by atoms with Gasteiger partial charge in [-0.1, -0.05) is 30.3 Å². The number of carboxylic acid groups (broad SMARTS) is 1. The molecule has 0 unspecified atom stereocenters. The van der Waals surface area contributed by atoms with Crippen LogP contribution in [0.25, 0.3) is 0 Å². The lowest BCUT2D eigenvalue weighted by Crippen LogP contribution is -2.35. The van der Waals surface area contributed by atoms with E-state index >= 15 is 0 Å². The topological polar surface area (TPSA) is 108 Å². The maximum atomic E-state index is 11.9. The standard InChI is InChI=1S/C17H14N4O4/c22-16(23)13-8-6-12(7-9-13)10-21-11-15(25-20-21)19-17(24)18-14-4-2-1-3-5-14/h1-9,11H,10H2,(H2-,18,19,20,22,23,24)/p+1. The largest absolute Gasteiger partial charge is 0.478 e. The number of hydrogen-bond acceptors (Lipinski definition) is 4. The highest BCUT2D eigenvalue weighted by atomic mass is 16.5. The normalized spacial score (nSPS) is 10.2. The average molecular weight is 339 g/mol. The number of nitrogens with one attached hydrogen (secondary N) is 2.